The zero-order chi connectivity index (χ0) is 10.8. The molecule has 0 bridgehead atoms. The molecular formula is C9H13N5S. The molecule has 15 heavy (non-hydrogen) atoms. The van der Waals surface area contributed by atoms with E-state index in [9.17, 15) is 0 Å². The van der Waals surface area contributed by atoms with Crippen LogP contribution in [0.3, 0.4) is 0 Å². The van der Waals surface area contributed by atoms with Crippen molar-refractivity contribution in [2.24, 2.45) is 7.05 Å². The van der Waals surface area contributed by atoms with Gasteiger partial charge < -0.3 is 5.73 Å². The Morgan fingerprint density at radius 3 is 3.00 bits per heavy atom. The number of fused-ring (bicyclic) bond motifs is 1. The molecule has 0 saturated carbocycles. The molecule has 0 aliphatic carbocycles. The number of hydrogen-bond donors (Lipinski definition) is 1. The van der Waals surface area contributed by atoms with Crippen molar-refractivity contribution in [1.82, 2.24) is 19.7 Å². The fourth-order valence-electron chi connectivity index (χ4n) is 1.28. The summed E-state index contributed by atoms with van der Waals surface area (Å²) in [6.07, 6.45) is 2.79. The molecule has 0 atom stereocenters. The second-order valence-electron chi connectivity index (χ2n) is 3.25. The molecular weight excluding hydrogens is 210 g/mol. The summed E-state index contributed by atoms with van der Waals surface area (Å²) < 4.78 is 1.71. The normalized spacial score (nSPS) is 11.1. The van der Waals surface area contributed by atoms with Crippen LogP contribution in [0.4, 0.5) is 5.82 Å². The van der Waals surface area contributed by atoms with E-state index in [4.69, 9.17) is 5.73 Å². The molecule has 2 heterocycles. The average molecular weight is 223 g/mol. The Morgan fingerprint density at radius 1 is 1.47 bits per heavy atom. The molecule has 5 nitrogen and oxygen atoms in total. The first-order valence-electron chi connectivity index (χ1n) is 4.80. The maximum Gasteiger partial charge on any atom is 0.191 e. The summed E-state index contributed by atoms with van der Waals surface area (Å²) in [5.41, 5.74) is 6.62. The monoisotopic (exact) mass is 223 g/mol. The van der Waals surface area contributed by atoms with E-state index in [1.54, 1.807) is 22.6 Å². The van der Waals surface area contributed by atoms with E-state index in [2.05, 4.69) is 22.0 Å². The van der Waals surface area contributed by atoms with Gasteiger partial charge in [-0.25, -0.2) is 9.97 Å². The summed E-state index contributed by atoms with van der Waals surface area (Å²) in [5.74, 6) is 1.51. The molecule has 0 saturated heterocycles. The number of nitrogens with two attached hydrogens (primary N) is 1. The molecule has 0 spiro atoms. The first-order valence-corrected chi connectivity index (χ1v) is 5.79. The predicted molar refractivity (Wildman–Crippen MR) is 61.7 cm³/mol. The van der Waals surface area contributed by atoms with Gasteiger partial charge in [-0.15, -0.1) is 0 Å². The molecule has 2 aromatic rings. The van der Waals surface area contributed by atoms with Gasteiger partial charge in [0.1, 0.15) is 5.82 Å². The largest absolute Gasteiger partial charge is 0.383 e. The minimum absolute atomic E-state index is 0.506. The second kappa shape index (κ2) is 4.06. The highest BCUT2D eigenvalue weighted by molar-refractivity contribution is 7.99. The van der Waals surface area contributed by atoms with E-state index >= 15 is 0 Å². The minimum Gasteiger partial charge on any atom is -0.383 e. The summed E-state index contributed by atoms with van der Waals surface area (Å²) in [5, 5.41) is 5.65. The number of nitrogen functional groups attached to an aromatic ring is 1. The SMILES string of the molecule is CCCSc1nc(N)c2cnn(C)c2n1. The molecule has 0 amide bonds. The molecule has 0 radical (unpaired) electrons. The van der Waals surface area contributed by atoms with Crippen molar-refractivity contribution < 1.29 is 0 Å². The highest BCUT2D eigenvalue weighted by Gasteiger charge is 2.08. The molecule has 0 aliphatic rings. The van der Waals surface area contributed by atoms with Gasteiger partial charge in [0.25, 0.3) is 0 Å². The maximum atomic E-state index is 5.82. The first-order chi connectivity index (χ1) is 7.22. The van der Waals surface area contributed by atoms with Crippen LogP contribution in [0.1, 0.15) is 13.3 Å². The lowest BCUT2D eigenvalue weighted by Crippen LogP contribution is -1.99. The fourth-order valence-corrected chi connectivity index (χ4v) is 1.98. The molecule has 80 valence electrons. The van der Waals surface area contributed by atoms with E-state index in [1.165, 1.54) is 0 Å². The highest BCUT2D eigenvalue weighted by Crippen LogP contribution is 2.21. The second-order valence-corrected chi connectivity index (χ2v) is 4.31. The van der Waals surface area contributed by atoms with Gasteiger partial charge in [-0.3, -0.25) is 4.68 Å². The highest BCUT2D eigenvalue weighted by atomic mass is 32.2. The van der Waals surface area contributed by atoms with Crippen molar-refractivity contribution in [2.75, 3.05) is 11.5 Å². The average Bonchev–Trinajstić information content (AvgIpc) is 2.58. The van der Waals surface area contributed by atoms with Crippen LogP contribution in [0.25, 0.3) is 11.0 Å². The van der Waals surface area contributed by atoms with Crippen LogP contribution in [-0.2, 0) is 7.05 Å². The third-order valence-corrected chi connectivity index (χ3v) is 3.09. The van der Waals surface area contributed by atoms with Crippen molar-refractivity contribution in [3.8, 4) is 0 Å². The third kappa shape index (κ3) is 1.90. The Bertz CT molecular complexity index is 479. The van der Waals surface area contributed by atoms with Crippen molar-refractivity contribution >= 4 is 28.6 Å². The topological polar surface area (TPSA) is 69.6 Å². The van der Waals surface area contributed by atoms with E-state index in [1.807, 2.05) is 7.05 Å². The number of aromatic nitrogens is 4. The molecule has 2 aromatic heterocycles. The lowest BCUT2D eigenvalue weighted by Gasteiger charge is -2.01. The molecule has 6 heteroatoms. The van der Waals surface area contributed by atoms with Gasteiger partial charge in [0.05, 0.1) is 11.6 Å². The van der Waals surface area contributed by atoms with E-state index in [-0.39, 0.29) is 0 Å². The maximum absolute atomic E-state index is 5.82. The smallest absolute Gasteiger partial charge is 0.191 e. The van der Waals surface area contributed by atoms with Crippen LogP contribution in [0, 0.1) is 0 Å². The number of nitrogens with zero attached hydrogens (tertiary/aromatic N) is 4. The van der Waals surface area contributed by atoms with E-state index in [0.29, 0.717) is 5.82 Å². The van der Waals surface area contributed by atoms with Crippen molar-refractivity contribution in [1.29, 1.82) is 0 Å². The Kier molecular flexibility index (Phi) is 2.77. The fraction of sp³-hybridized carbons (Fsp3) is 0.444. The summed E-state index contributed by atoms with van der Waals surface area (Å²) in [6, 6.07) is 0. The Morgan fingerprint density at radius 2 is 2.27 bits per heavy atom. The third-order valence-electron chi connectivity index (χ3n) is 2.04. The molecule has 0 aliphatic heterocycles. The Balaban J connectivity index is 2.45. The quantitative estimate of drug-likeness (QED) is 0.630. The molecule has 2 N–H and O–H groups in total. The summed E-state index contributed by atoms with van der Waals surface area (Å²) >= 11 is 1.62. The zero-order valence-corrected chi connectivity index (χ0v) is 9.58. The standard InChI is InChI=1S/C9H13N5S/c1-3-4-15-9-12-7(10)6-5-11-14(2)8(6)13-9/h5H,3-4H2,1-2H3,(H2,10,12,13). The van der Waals surface area contributed by atoms with Crippen LogP contribution in [0.2, 0.25) is 0 Å². The van der Waals surface area contributed by atoms with Crippen LogP contribution in [0.15, 0.2) is 11.4 Å². The zero-order valence-electron chi connectivity index (χ0n) is 8.77. The van der Waals surface area contributed by atoms with Gasteiger partial charge in [0, 0.05) is 12.8 Å². The van der Waals surface area contributed by atoms with E-state index < -0.39 is 0 Å². The van der Waals surface area contributed by atoms with Gasteiger partial charge in [0.2, 0.25) is 0 Å². The number of aryl methyl sites for hydroxylation is 1. The van der Waals surface area contributed by atoms with Gasteiger partial charge in [0.15, 0.2) is 10.8 Å². The van der Waals surface area contributed by atoms with Crippen molar-refractivity contribution in [2.45, 2.75) is 18.5 Å². The predicted octanol–water partition coefficient (Wildman–Crippen LogP) is 1.45. The number of thioether (sulfide) groups is 1. The van der Waals surface area contributed by atoms with Crippen molar-refractivity contribution in [3.63, 3.8) is 0 Å². The molecule has 2 rings (SSSR count). The summed E-state index contributed by atoms with van der Waals surface area (Å²) in [6.45, 7) is 2.12. The van der Waals surface area contributed by atoms with Crippen LogP contribution < -0.4 is 5.73 Å². The number of hydrogen-bond acceptors (Lipinski definition) is 5. The molecule has 0 aromatic carbocycles. The van der Waals surface area contributed by atoms with Gasteiger partial charge in [-0.1, -0.05) is 18.7 Å². The van der Waals surface area contributed by atoms with Gasteiger partial charge in [-0.05, 0) is 6.42 Å². The van der Waals surface area contributed by atoms with Gasteiger partial charge in [-0.2, -0.15) is 5.10 Å². The van der Waals surface area contributed by atoms with E-state index in [0.717, 1.165) is 28.4 Å². The Labute approximate surface area is 92.1 Å². The van der Waals surface area contributed by atoms with Crippen LogP contribution in [0.5, 0.6) is 0 Å². The molecule has 0 unspecified atom stereocenters. The number of anilines is 1. The summed E-state index contributed by atoms with van der Waals surface area (Å²) in [4.78, 5) is 8.63. The van der Waals surface area contributed by atoms with Crippen LogP contribution >= 0.6 is 11.8 Å². The first kappa shape index (κ1) is 10.2. The molecule has 0 fully saturated rings. The summed E-state index contributed by atoms with van der Waals surface area (Å²) in [7, 11) is 1.85. The van der Waals surface area contributed by atoms with Crippen molar-refractivity contribution in [3.05, 3.63) is 6.20 Å². The van der Waals surface area contributed by atoms with Crippen LogP contribution in [-0.4, -0.2) is 25.5 Å². The lowest BCUT2D eigenvalue weighted by molar-refractivity contribution is 0.778. The minimum atomic E-state index is 0.506. The van der Waals surface area contributed by atoms with Gasteiger partial charge >= 0.3 is 0 Å². The Hall–Kier alpha value is -1.30. The lowest BCUT2D eigenvalue weighted by atomic mass is 10.4. The number of rotatable bonds is 3.